The summed E-state index contributed by atoms with van der Waals surface area (Å²) < 4.78 is 5.10. The first-order valence-corrected chi connectivity index (χ1v) is 11.0. The Labute approximate surface area is 191 Å². The van der Waals surface area contributed by atoms with Crippen LogP contribution in [0.15, 0.2) is 54.6 Å². The Kier molecular flexibility index (Phi) is 5.14. The van der Waals surface area contributed by atoms with Crippen molar-refractivity contribution in [1.29, 1.82) is 0 Å². The standard InChI is InChI=1S/C25H23ClN2O4/c1-14-13-19-20-21(25(31)27(24(20)30)11-12-32-2)22(23(29)15-7-9-16(26)10-8-15)28(19)18-6-4-3-5-17(14)18/h3-10,13,19-22H,11-12H2,1-2H3/t19-,20+,21-,22+/m0/s1. The highest BCUT2D eigenvalue weighted by molar-refractivity contribution is 6.30. The summed E-state index contributed by atoms with van der Waals surface area (Å²) in [6.45, 7) is 2.46. The molecule has 0 aromatic heterocycles. The van der Waals surface area contributed by atoms with E-state index in [2.05, 4.69) is 0 Å². The van der Waals surface area contributed by atoms with Gasteiger partial charge in [0.25, 0.3) is 0 Å². The van der Waals surface area contributed by atoms with Crippen molar-refractivity contribution in [2.24, 2.45) is 11.8 Å². The molecule has 4 atom stereocenters. The molecule has 0 radical (unpaired) electrons. The van der Waals surface area contributed by atoms with Crippen LogP contribution in [0.1, 0.15) is 22.8 Å². The minimum Gasteiger partial charge on any atom is -0.383 e. The largest absolute Gasteiger partial charge is 0.383 e. The van der Waals surface area contributed by atoms with Crippen molar-refractivity contribution in [3.63, 3.8) is 0 Å². The van der Waals surface area contributed by atoms with E-state index in [4.69, 9.17) is 16.3 Å². The van der Waals surface area contributed by atoms with Gasteiger partial charge in [-0.05, 0) is 42.8 Å². The highest BCUT2D eigenvalue weighted by Gasteiger charge is 2.64. The molecular formula is C25H23ClN2O4. The minimum atomic E-state index is -0.777. The monoisotopic (exact) mass is 450 g/mol. The number of halogens is 1. The van der Waals surface area contributed by atoms with Crippen molar-refractivity contribution >= 4 is 40.5 Å². The Balaban J connectivity index is 1.64. The van der Waals surface area contributed by atoms with E-state index >= 15 is 0 Å². The molecule has 2 saturated heterocycles. The third kappa shape index (κ3) is 3.01. The number of carbonyl (C=O) groups is 3. The maximum absolute atomic E-state index is 13.8. The van der Waals surface area contributed by atoms with E-state index < -0.39 is 17.9 Å². The zero-order chi connectivity index (χ0) is 22.6. The number of hydrogen-bond acceptors (Lipinski definition) is 5. The predicted octanol–water partition coefficient (Wildman–Crippen LogP) is 3.44. The molecule has 164 valence electrons. The van der Waals surface area contributed by atoms with E-state index in [1.807, 2.05) is 42.2 Å². The zero-order valence-corrected chi connectivity index (χ0v) is 18.6. The molecule has 2 aromatic carbocycles. The molecule has 3 heterocycles. The Morgan fingerprint density at radius 3 is 2.44 bits per heavy atom. The topological polar surface area (TPSA) is 66.9 Å². The number of para-hydroxylation sites is 1. The van der Waals surface area contributed by atoms with Gasteiger partial charge in [0, 0.05) is 28.9 Å². The van der Waals surface area contributed by atoms with E-state index in [-0.39, 0.29) is 36.8 Å². The summed E-state index contributed by atoms with van der Waals surface area (Å²) in [6.07, 6.45) is 2.03. The number of Topliss-reactive ketones (excluding diaryl/α,β-unsaturated/α-hetero) is 1. The number of benzene rings is 2. The first-order chi connectivity index (χ1) is 15.4. The molecule has 32 heavy (non-hydrogen) atoms. The van der Waals surface area contributed by atoms with Crippen molar-refractivity contribution in [1.82, 2.24) is 4.90 Å². The number of amides is 2. The summed E-state index contributed by atoms with van der Waals surface area (Å²) in [7, 11) is 1.53. The lowest BCUT2D eigenvalue weighted by Gasteiger charge is -2.38. The molecule has 0 saturated carbocycles. The molecule has 0 aliphatic carbocycles. The summed E-state index contributed by atoms with van der Waals surface area (Å²) in [6, 6.07) is 13.4. The third-order valence-electron chi connectivity index (χ3n) is 6.76. The lowest BCUT2D eigenvalue weighted by atomic mass is 9.85. The van der Waals surface area contributed by atoms with Gasteiger partial charge in [-0.25, -0.2) is 0 Å². The normalized spacial score (nSPS) is 26.0. The second-order valence-electron chi connectivity index (χ2n) is 8.45. The van der Waals surface area contributed by atoms with Crippen molar-refractivity contribution in [2.45, 2.75) is 19.0 Å². The first kappa shape index (κ1) is 20.9. The van der Waals surface area contributed by atoms with Crippen LogP contribution in [0.3, 0.4) is 0 Å². The summed E-state index contributed by atoms with van der Waals surface area (Å²) in [5.41, 5.74) is 3.39. The van der Waals surface area contributed by atoms with Crippen molar-refractivity contribution in [3.05, 3.63) is 70.8 Å². The van der Waals surface area contributed by atoms with Crippen LogP contribution in [0.5, 0.6) is 0 Å². The van der Waals surface area contributed by atoms with Crippen LogP contribution in [-0.4, -0.2) is 54.8 Å². The molecule has 5 rings (SSSR count). The number of methoxy groups -OCH3 is 1. The average molecular weight is 451 g/mol. The summed E-state index contributed by atoms with van der Waals surface area (Å²) in [5.74, 6) is -2.08. The van der Waals surface area contributed by atoms with Crippen molar-refractivity contribution in [3.8, 4) is 0 Å². The molecule has 0 unspecified atom stereocenters. The number of carbonyl (C=O) groups excluding carboxylic acids is 3. The number of hydrogen-bond donors (Lipinski definition) is 0. The predicted molar refractivity (Wildman–Crippen MR) is 122 cm³/mol. The van der Waals surface area contributed by atoms with Crippen LogP contribution in [-0.2, 0) is 14.3 Å². The van der Waals surface area contributed by atoms with Gasteiger partial charge in [-0.2, -0.15) is 0 Å². The van der Waals surface area contributed by atoms with Crippen LogP contribution < -0.4 is 4.90 Å². The van der Waals surface area contributed by atoms with Gasteiger partial charge in [0.2, 0.25) is 11.8 Å². The number of ketones is 1. The third-order valence-corrected chi connectivity index (χ3v) is 7.01. The molecule has 3 aliphatic rings. The first-order valence-electron chi connectivity index (χ1n) is 10.6. The number of imide groups is 1. The van der Waals surface area contributed by atoms with Crippen LogP contribution in [0.4, 0.5) is 5.69 Å². The Morgan fingerprint density at radius 2 is 1.72 bits per heavy atom. The number of allylic oxidation sites excluding steroid dienone is 1. The lowest BCUT2D eigenvalue weighted by molar-refractivity contribution is -0.141. The Bertz CT molecular complexity index is 1140. The second-order valence-corrected chi connectivity index (χ2v) is 8.89. The van der Waals surface area contributed by atoms with E-state index in [0.29, 0.717) is 10.6 Å². The smallest absolute Gasteiger partial charge is 0.235 e. The van der Waals surface area contributed by atoms with Gasteiger partial charge >= 0.3 is 0 Å². The van der Waals surface area contributed by atoms with Crippen LogP contribution in [0.25, 0.3) is 5.57 Å². The maximum atomic E-state index is 13.8. The molecule has 7 heteroatoms. The van der Waals surface area contributed by atoms with Crippen molar-refractivity contribution < 1.29 is 19.1 Å². The zero-order valence-electron chi connectivity index (χ0n) is 17.8. The number of likely N-dealkylation sites (tertiary alicyclic amines) is 1. The fourth-order valence-corrected chi connectivity index (χ4v) is 5.47. The highest BCUT2D eigenvalue weighted by Crippen LogP contribution is 2.50. The highest BCUT2D eigenvalue weighted by atomic mass is 35.5. The fraction of sp³-hybridized carbons (Fsp3) is 0.320. The van der Waals surface area contributed by atoms with Gasteiger partial charge in [0.15, 0.2) is 5.78 Å². The number of fused-ring (bicyclic) bond motifs is 5. The fourth-order valence-electron chi connectivity index (χ4n) is 5.35. The van der Waals surface area contributed by atoms with Crippen molar-refractivity contribution in [2.75, 3.05) is 25.2 Å². The molecule has 0 bridgehead atoms. The minimum absolute atomic E-state index is 0.184. The summed E-state index contributed by atoms with van der Waals surface area (Å²) in [5, 5.41) is 0.531. The Morgan fingerprint density at radius 1 is 1.03 bits per heavy atom. The molecule has 2 fully saturated rings. The number of ether oxygens (including phenoxy) is 1. The molecule has 2 aromatic rings. The quantitative estimate of drug-likeness (QED) is 0.515. The molecule has 3 aliphatic heterocycles. The molecule has 0 N–H and O–H groups in total. The van der Waals surface area contributed by atoms with Crippen LogP contribution in [0, 0.1) is 11.8 Å². The average Bonchev–Trinajstić information content (AvgIpc) is 3.25. The van der Waals surface area contributed by atoms with Crippen LogP contribution >= 0.6 is 11.6 Å². The summed E-state index contributed by atoms with van der Waals surface area (Å²) in [4.78, 5) is 43.9. The van der Waals surface area contributed by atoms with E-state index in [9.17, 15) is 14.4 Å². The number of nitrogens with zero attached hydrogens (tertiary/aromatic N) is 2. The van der Waals surface area contributed by atoms with Gasteiger partial charge in [-0.1, -0.05) is 35.9 Å². The van der Waals surface area contributed by atoms with Gasteiger partial charge in [0.1, 0.15) is 6.04 Å². The maximum Gasteiger partial charge on any atom is 0.235 e. The SMILES string of the molecule is COCCN1C(=O)[C@H]2[C@H](C1=O)[C@H](C(=O)c1ccc(Cl)cc1)N1c3ccccc3C(C)=C[C@@H]21. The Hall–Kier alpha value is -2.96. The van der Waals surface area contributed by atoms with Gasteiger partial charge < -0.3 is 9.64 Å². The molecular weight excluding hydrogens is 428 g/mol. The van der Waals surface area contributed by atoms with Gasteiger partial charge in [-0.15, -0.1) is 0 Å². The number of rotatable bonds is 5. The van der Waals surface area contributed by atoms with E-state index in [0.717, 1.165) is 16.8 Å². The van der Waals surface area contributed by atoms with Gasteiger partial charge in [-0.3, -0.25) is 19.3 Å². The van der Waals surface area contributed by atoms with Crippen LogP contribution in [0.2, 0.25) is 5.02 Å². The van der Waals surface area contributed by atoms with Gasteiger partial charge in [0.05, 0.1) is 31.0 Å². The molecule has 2 amide bonds. The molecule has 6 nitrogen and oxygen atoms in total. The van der Waals surface area contributed by atoms with E-state index in [1.54, 1.807) is 24.3 Å². The number of anilines is 1. The second kappa shape index (κ2) is 7.87. The summed E-state index contributed by atoms with van der Waals surface area (Å²) >= 11 is 6.02. The lowest BCUT2D eigenvalue weighted by Crippen LogP contribution is -2.49. The van der Waals surface area contributed by atoms with E-state index in [1.165, 1.54) is 12.0 Å². The molecule has 0 spiro atoms.